The molecule has 0 amide bonds. The van der Waals surface area contributed by atoms with Crippen LogP contribution in [0.1, 0.15) is 11.1 Å². The Morgan fingerprint density at radius 1 is 0.762 bits per heavy atom. The van der Waals surface area contributed by atoms with Gasteiger partial charge in [-0.3, -0.25) is 0 Å². The molecule has 2 aromatic carbocycles. The van der Waals surface area contributed by atoms with Crippen LogP contribution < -0.4 is 0 Å². The summed E-state index contributed by atoms with van der Waals surface area (Å²) in [6.45, 7) is 0. The van der Waals surface area contributed by atoms with E-state index in [9.17, 15) is 0 Å². The van der Waals surface area contributed by atoms with E-state index < -0.39 is 0 Å². The lowest BCUT2D eigenvalue weighted by atomic mass is 10.1. The molecule has 0 N–H and O–H groups in total. The van der Waals surface area contributed by atoms with Crippen LogP contribution in [0.4, 0.5) is 0 Å². The Balaban J connectivity index is 1.92. The summed E-state index contributed by atoms with van der Waals surface area (Å²) in [5.41, 5.74) is 3.66. The highest BCUT2D eigenvalue weighted by Crippen LogP contribution is 2.26. The highest BCUT2D eigenvalue weighted by atomic mass is 16.5. The van der Waals surface area contributed by atoms with E-state index in [1.54, 1.807) is 24.3 Å². The minimum Gasteiger partial charge on any atom is -0.356 e. The molecule has 4 nitrogen and oxygen atoms in total. The van der Waals surface area contributed by atoms with Crippen molar-refractivity contribution in [2.75, 3.05) is 0 Å². The smallest absolute Gasteiger partial charge is 0.167 e. The molecule has 0 saturated heterocycles. The van der Waals surface area contributed by atoms with Gasteiger partial charge in [-0.05, 0) is 36.4 Å². The van der Waals surface area contributed by atoms with Gasteiger partial charge in [-0.1, -0.05) is 17.3 Å². The van der Waals surface area contributed by atoms with E-state index in [0.29, 0.717) is 22.6 Å². The average Bonchev–Trinajstić information content (AvgIpc) is 3.05. The Hall–Kier alpha value is -3.37. The van der Waals surface area contributed by atoms with Gasteiger partial charge < -0.3 is 4.52 Å². The molecular weight excluding hydrogens is 262 g/mol. The molecule has 0 radical (unpaired) electrons. The second-order valence-electron chi connectivity index (χ2n) is 4.45. The van der Waals surface area contributed by atoms with Crippen molar-refractivity contribution >= 4 is 0 Å². The highest BCUT2D eigenvalue weighted by Gasteiger charge is 2.08. The number of hydrogen-bond donors (Lipinski definition) is 0. The standard InChI is InChI=1S/C17H9N3O/c18-10-12-1-5-14(6-2-12)16-9-17(21-20-16)15-7-3-13(11-19)4-8-15/h1-9H. The zero-order chi connectivity index (χ0) is 14.7. The number of rotatable bonds is 2. The topological polar surface area (TPSA) is 73.6 Å². The van der Waals surface area contributed by atoms with E-state index in [0.717, 1.165) is 11.1 Å². The molecule has 0 fully saturated rings. The van der Waals surface area contributed by atoms with Crippen LogP contribution in [0.2, 0.25) is 0 Å². The van der Waals surface area contributed by atoms with Crippen LogP contribution in [-0.4, -0.2) is 5.16 Å². The fourth-order valence-electron chi connectivity index (χ4n) is 1.97. The molecular formula is C17H9N3O. The van der Waals surface area contributed by atoms with Gasteiger partial charge in [-0.15, -0.1) is 0 Å². The first-order valence-corrected chi connectivity index (χ1v) is 6.28. The normalized spacial score (nSPS) is 9.81. The first-order chi connectivity index (χ1) is 10.3. The van der Waals surface area contributed by atoms with Gasteiger partial charge >= 0.3 is 0 Å². The molecule has 0 aliphatic carbocycles. The van der Waals surface area contributed by atoms with Crippen molar-refractivity contribution in [3.63, 3.8) is 0 Å². The number of nitrogens with zero attached hydrogens (tertiary/aromatic N) is 3. The zero-order valence-corrected chi connectivity index (χ0v) is 10.9. The predicted octanol–water partition coefficient (Wildman–Crippen LogP) is 3.75. The maximum atomic E-state index is 8.79. The van der Waals surface area contributed by atoms with Gasteiger partial charge in [0.1, 0.15) is 5.69 Å². The van der Waals surface area contributed by atoms with E-state index in [2.05, 4.69) is 17.3 Å². The van der Waals surface area contributed by atoms with Crippen molar-refractivity contribution in [3.8, 4) is 34.7 Å². The van der Waals surface area contributed by atoms with E-state index >= 15 is 0 Å². The lowest BCUT2D eigenvalue weighted by Crippen LogP contribution is -1.78. The van der Waals surface area contributed by atoms with Crippen molar-refractivity contribution in [1.29, 1.82) is 10.5 Å². The third-order valence-corrected chi connectivity index (χ3v) is 3.12. The molecule has 0 saturated carbocycles. The van der Waals surface area contributed by atoms with Gasteiger partial charge in [-0.2, -0.15) is 10.5 Å². The van der Waals surface area contributed by atoms with Crippen LogP contribution >= 0.6 is 0 Å². The molecule has 4 heteroatoms. The number of aromatic nitrogens is 1. The van der Waals surface area contributed by atoms with Gasteiger partial charge in [0.25, 0.3) is 0 Å². The molecule has 3 rings (SSSR count). The van der Waals surface area contributed by atoms with Gasteiger partial charge in [0.15, 0.2) is 5.76 Å². The average molecular weight is 271 g/mol. The van der Waals surface area contributed by atoms with Crippen LogP contribution in [0.25, 0.3) is 22.6 Å². The molecule has 1 heterocycles. The Morgan fingerprint density at radius 2 is 1.29 bits per heavy atom. The second-order valence-corrected chi connectivity index (χ2v) is 4.45. The Morgan fingerprint density at radius 3 is 1.81 bits per heavy atom. The lowest BCUT2D eigenvalue weighted by molar-refractivity contribution is 0.435. The van der Waals surface area contributed by atoms with Crippen molar-refractivity contribution < 1.29 is 4.52 Å². The SMILES string of the molecule is N#Cc1ccc(-c2cc(-c3ccc(C#N)cc3)on2)cc1. The van der Waals surface area contributed by atoms with Crippen molar-refractivity contribution in [2.45, 2.75) is 0 Å². The summed E-state index contributed by atoms with van der Waals surface area (Å²) in [5, 5.41) is 21.6. The Kier molecular flexibility index (Phi) is 3.21. The van der Waals surface area contributed by atoms with E-state index in [4.69, 9.17) is 15.0 Å². The number of nitriles is 2. The lowest BCUT2D eigenvalue weighted by Gasteiger charge is -1.95. The minimum absolute atomic E-state index is 0.602. The van der Waals surface area contributed by atoms with Crippen LogP contribution in [0.15, 0.2) is 59.1 Å². The summed E-state index contributed by atoms with van der Waals surface area (Å²) in [7, 11) is 0. The van der Waals surface area contributed by atoms with Crippen molar-refractivity contribution in [3.05, 3.63) is 65.7 Å². The molecule has 0 aliphatic rings. The summed E-state index contributed by atoms with van der Waals surface area (Å²) in [6, 6.07) is 20.2. The van der Waals surface area contributed by atoms with E-state index in [1.165, 1.54) is 0 Å². The second kappa shape index (κ2) is 5.32. The zero-order valence-electron chi connectivity index (χ0n) is 10.9. The fourth-order valence-corrected chi connectivity index (χ4v) is 1.97. The summed E-state index contributed by atoms with van der Waals surface area (Å²) >= 11 is 0. The van der Waals surface area contributed by atoms with Gasteiger partial charge in [0.05, 0.1) is 23.3 Å². The summed E-state index contributed by atoms with van der Waals surface area (Å²) in [4.78, 5) is 0. The molecule has 3 aromatic rings. The molecule has 1 aromatic heterocycles. The van der Waals surface area contributed by atoms with Crippen molar-refractivity contribution in [1.82, 2.24) is 5.16 Å². The van der Waals surface area contributed by atoms with Crippen LogP contribution in [-0.2, 0) is 0 Å². The molecule has 0 unspecified atom stereocenters. The fraction of sp³-hybridized carbons (Fsp3) is 0. The largest absolute Gasteiger partial charge is 0.356 e. The third kappa shape index (κ3) is 2.51. The van der Waals surface area contributed by atoms with Gasteiger partial charge in [-0.25, -0.2) is 0 Å². The molecule has 0 bridgehead atoms. The summed E-state index contributed by atoms with van der Waals surface area (Å²) in [5.74, 6) is 0.638. The van der Waals surface area contributed by atoms with E-state index in [1.807, 2.05) is 30.3 Å². The first kappa shape index (κ1) is 12.7. The van der Waals surface area contributed by atoms with Crippen LogP contribution in [0.3, 0.4) is 0 Å². The third-order valence-electron chi connectivity index (χ3n) is 3.12. The van der Waals surface area contributed by atoms with Crippen LogP contribution in [0, 0.1) is 22.7 Å². The van der Waals surface area contributed by atoms with Crippen LogP contribution in [0.5, 0.6) is 0 Å². The maximum Gasteiger partial charge on any atom is 0.167 e. The molecule has 0 atom stereocenters. The Labute approximate surface area is 121 Å². The molecule has 98 valence electrons. The first-order valence-electron chi connectivity index (χ1n) is 6.28. The van der Waals surface area contributed by atoms with Crippen molar-refractivity contribution in [2.24, 2.45) is 0 Å². The van der Waals surface area contributed by atoms with Gasteiger partial charge in [0.2, 0.25) is 0 Å². The monoisotopic (exact) mass is 271 g/mol. The minimum atomic E-state index is 0.602. The Bertz CT molecular complexity index is 775. The quantitative estimate of drug-likeness (QED) is 0.711. The highest BCUT2D eigenvalue weighted by molar-refractivity contribution is 5.67. The van der Waals surface area contributed by atoms with Gasteiger partial charge in [0, 0.05) is 17.2 Å². The maximum absolute atomic E-state index is 8.79. The van der Waals surface area contributed by atoms with E-state index in [-0.39, 0.29) is 0 Å². The number of hydrogen-bond acceptors (Lipinski definition) is 4. The summed E-state index contributed by atoms with van der Waals surface area (Å²) < 4.78 is 5.34. The molecule has 21 heavy (non-hydrogen) atoms. The predicted molar refractivity (Wildman–Crippen MR) is 76.8 cm³/mol. The molecule has 0 spiro atoms. The molecule has 0 aliphatic heterocycles. The summed E-state index contributed by atoms with van der Waals surface area (Å²) in [6.07, 6.45) is 0. The number of benzene rings is 2.